The monoisotopic (exact) mass is 392 g/mol. The molecule has 0 aliphatic carbocycles. The summed E-state index contributed by atoms with van der Waals surface area (Å²) in [6.45, 7) is 6.45. The summed E-state index contributed by atoms with van der Waals surface area (Å²) >= 11 is 0. The van der Waals surface area contributed by atoms with Gasteiger partial charge in [-0.25, -0.2) is 4.57 Å². The molecule has 0 atom stereocenters. The van der Waals surface area contributed by atoms with Crippen LogP contribution in [0.25, 0.3) is 55.1 Å². The van der Waals surface area contributed by atoms with Gasteiger partial charge in [-0.15, -0.1) is 0 Å². The highest BCUT2D eigenvalue weighted by Gasteiger charge is 2.22. The summed E-state index contributed by atoms with van der Waals surface area (Å²) in [5.74, 6) is 0. The Hall–Kier alpha value is -3.59. The lowest BCUT2D eigenvalue weighted by Crippen LogP contribution is -2.31. The van der Waals surface area contributed by atoms with E-state index < -0.39 is 0 Å². The predicted molar refractivity (Wildman–Crippen MR) is 122 cm³/mol. The number of rotatable bonds is 1. The number of fused-ring (bicyclic) bond motifs is 6. The molecule has 0 unspecified atom stereocenters. The number of nitrogens with zero attached hydrogens (tertiary/aromatic N) is 1. The van der Waals surface area contributed by atoms with Crippen molar-refractivity contribution >= 4 is 43.9 Å². The van der Waals surface area contributed by atoms with Crippen LogP contribution >= 0.6 is 0 Å². The Morgan fingerprint density at radius 2 is 1.40 bits per heavy atom. The molecule has 3 heteroatoms. The van der Waals surface area contributed by atoms with E-state index in [1.165, 1.54) is 16.7 Å². The average Bonchev–Trinajstić information content (AvgIpc) is 3.26. The van der Waals surface area contributed by atoms with Crippen molar-refractivity contribution < 1.29 is 13.4 Å². The summed E-state index contributed by atoms with van der Waals surface area (Å²) in [7, 11) is 2.10. The maximum Gasteiger partial charge on any atom is 0.216 e. The number of benzene rings is 3. The average molecular weight is 392 g/mol. The Kier molecular flexibility index (Phi) is 3.43. The normalized spacial score (nSPS) is 12.0. The molecule has 3 aromatic heterocycles. The lowest BCUT2D eigenvalue weighted by Gasteiger charge is -2.07. The first-order chi connectivity index (χ1) is 14.5. The van der Waals surface area contributed by atoms with Crippen molar-refractivity contribution in [2.75, 3.05) is 0 Å². The van der Waals surface area contributed by atoms with Gasteiger partial charge in [0.2, 0.25) is 5.69 Å². The standard InChI is InChI=1S/C27H22NO2/c1-15-9-10-19-21-12-20-18-7-5-6-8-23(18)29-24(20)13-25(21)30-27(19)26(15)22-11-16(2)17(3)14-28(22)4/h5-14H,1-4H3/q+1. The molecule has 3 heterocycles. The van der Waals surface area contributed by atoms with E-state index in [-0.39, 0.29) is 0 Å². The van der Waals surface area contributed by atoms with E-state index in [0.717, 1.165) is 55.1 Å². The zero-order valence-electron chi connectivity index (χ0n) is 17.5. The van der Waals surface area contributed by atoms with E-state index >= 15 is 0 Å². The van der Waals surface area contributed by atoms with E-state index in [2.05, 4.69) is 75.0 Å². The van der Waals surface area contributed by atoms with Crippen molar-refractivity contribution in [2.45, 2.75) is 20.8 Å². The van der Waals surface area contributed by atoms with Gasteiger partial charge in [-0.3, -0.25) is 0 Å². The highest BCUT2D eigenvalue weighted by atomic mass is 16.3. The Bertz CT molecular complexity index is 1630. The van der Waals surface area contributed by atoms with Crippen LogP contribution in [-0.4, -0.2) is 0 Å². The highest BCUT2D eigenvalue weighted by molar-refractivity contribution is 6.16. The quantitative estimate of drug-likeness (QED) is 0.285. The molecule has 0 aliphatic heterocycles. The number of hydrogen-bond donors (Lipinski definition) is 0. The fraction of sp³-hybridized carbons (Fsp3) is 0.148. The van der Waals surface area contributed by atoms with Crippen molar-refractivity contribution in [1.29, 1.82) is 0 Å². The fourth-order valence-corrected chi connectivity index (χ4v) is 4.61. The molecule has 0 bridgehead atoms. The second-order valence-electron chi connectivity index (χ2n) is 8.31. The van der Waals surface area contributed by atoms with Crippen LogP contribution in [0.2, 0.25) is 0 Å². The third-order valence-electron chi connectivity index (χ3n) is 6.35. The van der Waals surface area contributed by atoms with Gasteiger partial charge in [0.05, 0.1) is 5.56 Å². The smallest absolute Gasteiger partial charge is 0.216 e. The number of furan rings is 2. The molecule has 3 aromatic carbocycles. The molecular formula is C27H22NO2+. The highest BCUT2D eigenvalue weighted by Crippen LogP contribution is 2.40. The minimum Gasteiger partial charge on any atom is -0.456 e. The minimum absolute atomic E-state index is 0.856. The third kappa shape index (κ3) is 2.29. The molecule has 0 amide bonds. The Labute approximate surface area is 174 Å². The van der Waals surface area contributed by atoms with Crippen molar-refractivity contribution in [2.24, 2.45) is 7.05 Å². The topological polar surface area (TPSA) is 30.2 Å². The molecule has 3 nitrogen and oxygen atoms in total. The van der Waals surface area contributed by atoms with Gasteiger partial charge in [0.1, 0.15) is 29.4 Å². The number of hydrogen-bond acceptors (Lipinski definition) is 2. The molecule has 0 N–H and O–H groups in total. The third-order valence-corrected chi connectivity index (χ3v) is 6.35. The van der Waals surface area contributed by atoms with Crippen molar-refractivity contribution in [1.82, 2.24) is 0 Å². The fourth-order valence-electron chi connectivity index (χ4n) is 4.61. The van der Waals surface area contributed by atoms with Crippen LogP contribution in [0.5, 0.6) is 0 Å². The number of aryl methyl sites for hydroxylation is 4. The van der Waals surface area contributed by atoms with Gasteiger partial charge in [0.15, 0.2) is 6.20 Å². The van der Waals surface area contributed by atoms with Crippen LogP contribution in [0, 0.1) is 20.8 Å². The van der Waals surface area contributed by atoms with Gasteiger partial charge in [-0.2, -0.15) is 0 Å². The molecule has 0 radical (unpaired) electrons. The zero-order valence-corrected chi connectivity index (χ0v) is 17.5. The predicted octanol–water partition coefficient (Wildman–Crippen LogP) is 6.90. The van der Waals surface area contributed by atoms with Crippen LogP contribution < -0.4 is 4.57 Å². The maximum atomic E-state index is 6.47. The lowest BCUT2D eigenvalue weighted by atomic mass is 9.98. The number of pyridine rings is 1. The second-order valence-corrected chi connectivity index (χ2v) is 8.31. The van der Waals surface area contributed by atoms with E-state index in [4.69, 9.17) is 8.83 Å². The Balaban J connectivity index is 1.73. The summed E-state index contributed by atoms with van der Waals surface area (Å²) in [4.78, 5) is 0. The van der Waals surface area contributed by atoms with Crippen LogP contribution in [0.1, 0.15) is 16.7 Å². The molecule has 0 spiro atoms. The van der Waals surface area contributed by atoms with Gasteiger partial charge >= 0.3 is 0 Å². The van der Waals surface area contributed by atoms with Gasteiger partial charge in [-0.05, 0) is 44.0 Å². The summed E-state index contributed by atoms with van der Waals surface area (Å²) in [5.41, 5.74) is 9.62. The van der Waals surface area contributed by atoms with E-state index in [0.29, 0.717) is 0 Å². The van der Waals surface area contributed by atoms with Crippen molar-refractivity contribution in [3.05, 3.63) is 77.5 Å². The largest absolute Gasteiger partial charge is 0.456 e. The first kappa shape index (κ1) is 17.3. The molecule has 6 aromatic rings. The maximum absolute atomic E-state index is 6.47. The van der Waals surface area contributed by atoms with Crippen LogP contribution in [0.3, 0.4) is 0 Å². The molecule has 146 valence electrons. The van der Waals surface area contributed by atoms with Crippen molar-refractivity contribution in [3.8, 4) is 11.3 Å². The van der Waals surface area contributed by atoms with Crippen molar-refractivity contribution in [3.63, 3.8) is 0 Å². The molecule has 0 saturated heterocycles. The van der Waals surface area contributed by atoms with Crippen LogP contribution in [0.4, 0.5) is 0 Å². The zero-order chi connectivity index (χ0) is 20.6. The Morgan fingerprint density at radius 3 is 2.27 bits per heavy atom. The second kappa shape index (κ2) is 5.96. The molecule has 30 heavy (non-hydrogen) atoms. The summed E-state index contributed by atoms with van der Waals surface area (Å²) in [5, 5.41) is 4.52. The van der Waals surface area contributed by atoms with Gasteiger partial charge < -0.3 is 8.83 Å². The van der Waals surface area contributed by atoms with Crippen LogP contribution in [0.15, 0.2) is 69.6 Å². The number of aromatic nitrogens is 1. The molecule has 6 rings (SSSR count). The first-order valence-electron chi connectivity index (χ1n) is 10.3. The van der Waals surface area contributed by atoms with E-state index in [9.17, 15) is 0 Å². The summed E-state index contributed by atoms with van der Waals surface area (Å²) in [6, 6.07) is 19.0. The number of para-hydroxylation sites is 1. The summed E-state index contributed by atoms with van der Waals surface area (Å²) in [6.07, 6.45) is 2.19. The molecule has 0 fully saturated rings. The van der Waals surface area contributed by atoms with Gasteiger partial charge in [0, 0.05) is 39.2 Å². The minimum atomic E-state index is 0.856. The molecular weight excluding hydrogens is 370 g/mol. The molecule has 0 saturated carbocycles. The van der Waals surface area contributed by atoms with Gasteiger partial charge in [0.25, 0.3) is 0 Å². The SMILES string of the molecule is Cc1cc(-c2c(C)ccc3c2oc2cc4oc5ccccc5c4cc23)[n+](C)cc1C. The van der Waals surface area contributed by atoms with Gasteiger partial charge in [-0.1, -0.05) is 30.3 Å². The lowest BCUT2D eigenvalue weighted by molar-refractivity contribution is -0.660. The van der Waals surface area contributed by atoms with E-state index in [1.807, 2.05) is 18.2 Å². The van der Waals surface area contributed by atoms with Crippen LogP contribution in [-0.2, 0) is 7.05 Å². The first-order valence-corrected chi connectivity index (χ1v) is 10.3. The molecule has 0 aliphatic rings. The van der Waals surface area contributed by atoms with E-state index in [1.54, 1.807) is 0 Å². The Morgan fingerprint density at radius 1 is 0.633 bits per heavy atom. The summed E-state index contributed by atoms with van der Waals surface area (Å²) < 4.78 is 14.7.